The van der Waals surface area contributed by atoms with Crippen LogP contribution in [0.2, 0.25) is 0 Å². The Morgan fingerprint density at radius 2 is 2.23 bits per heavy atom. The van der Waals surface area contributed by atoms with Crippen LogP contribution in [-0.2, 0) is 6.42 Å². The number of furan rings is 1. The molecule has 0 spiro atoms. The van der Waals surface area contributed by atoms with Crippen molar-refractivity contribution in [1.82, 2.24) is 15.5 Å². The maximum atomic E-state index is 5.31. The second kappa shape index (κ2) is 10.9. The van der Waals surface area contributed by atoms with E-state index < -0.39 is 0 Å². The molecule has 6 heteroatoms. The lowest BCUT2D eigenvalue weighted by atomic mass is 10.0. The van der Waals surface area contributed by atoms with Crippen LogP contribution in [0.3, 0.4) is 0 Å². The van der Waals surface area contributed by atoms with Gasteiger partial charge in [-0.1, -0.05) is 6.92 Å². The third-order valence-corrected chi connectivity index (χ3v) is 3.93. The zero-order valence-electron chi connectivity index (χ0n) is 13.7. The molecule has 0 bridgehead atoms. The highest BCUT2D eigenvalue weighted by molar-refractivity contribution is 14.0. The van der Waals surface area contributed by atoms with Crippen molar-refractivity contribution in [2.45, 2.75) is 26.2 Å². The summed E-state index contributed by atoms with van der Waals surface area (Å²) in [6.07, 6.45) is 5.29. The Bertz CT molecular complexity index is 422. The number of aliphatic imine (C=N–C) groups is 1. The third-order valence-electron chi connectivity index (χ3n) is 3.93. The monoisotopic (exact) mass is 420 g/mol. The van der Waals surface area contributed by atoms with Gasteiger partial charge in [0.25, 0.3) is 0 Å². The fourth-order valence-electron chi connectivity index (χ4n) is 2.80. The Balaban J connectivity index is 0.00000242. The van der Waals surface area contributed by atoms with Crippen LogP contribution in [0.25, 0.3) is 0 Å². The van der Waals surface area contributed by atoms with E-state index in [2.05, 4.69) is 27.4 Å². The van der Waals surface area contributed by atoms with Crippen molar-refractivity contribution in [1.29, 1.82) is 0 Å². The van der Waals surface area contributed by atoms with E-state index in [9.17, 15) is 0 Å². The van der Waals surface area contributed by atoms with E-state index in [0.29, 0.717) is 0 Å². The Kier molecular flexibility index (Phi) is 9.54. The molecule has 2 N–H and O–H groups in total. The summed E-state index contributed by atoms with van der Waals surface area (Å²) in [7, 11) is 1.81. The highest BCUT2D eigenvalue weighted by Crippen LogP contribution is 2.14. The van der Waals surface area contributed by atoms with Gasteiger partial charge in [0.2, 0.25) is 0 Å². The second-order valence-electron chi connectivity index (χ2n) is 5.80. The first kappa shape index (κ1) is 19.3. The van der Waals surface area contributed by atoms with Gasteiger partial charge < -0.3 is 20.0 Å². The zero-order valence-corrected chi connectivity index (χ0v) is 16.0. The first-order chi connectivity index (χ1) is 10.3. The molecule has 1 unspecified atom stereocenters. The normalized spacial score (nSPS) is 19.5. The molecular weight excluding hydrogens is 391 g/mol. The summed E-state index contributed by atoms with van der Waals surface area (Å²) >= 11 is 0. The van der Waals surface area contributed by atoms with Crippen molar-refractivity contribution < 1.29 is 4.42 Å². The fraction of sp³-hybridized carbons (Fsp3) is 0.688. The van der Waals surface area contributed by atoms with Gasteiger partial charge in [-0.25, -0.2) is 0 Å². The molecule has 1 aliphatic rings. The minimum Gasteiger partial charge on any atom is -0.469 e. The summed E-state index contributed by atoms with van der Waals surface area (Å²) in [5, 5.41) is 6.69. The van der Waals surface area contributed by atoms with Gasteiger partial charge in [-0.15, -0.1) is 24.0 Å². The summed E-state index contributed by atoms with van der Waals surface area (Å²) in [6.45, 7) is 7.65. The summed E-state index contributed by atoms with van der Waals surface area (Å²) in [5.74, 6) is 2.70. The molecular formula is C16H29IN4O. The van der Waals surface area contributed by atoms with E-state index in [4.69, 9.17) is 4.42 Å². The lowest BCUT2D eigenvalue weighted by molar-refractivity contribution is 0.187. The van der Waals surface area contributed by atoms with Gasteiger partial charge in [-0.3, -0.25) is 4.99 Å². The van der Waals surface area contributed by atoms with Gasteiger partial charge in [0.1, 0.15) is 5.76 Å². The van der Waals surface area contributed by atoms with Crippen molar-refractivity contribution in [3.8, 4) is 0 Å². The molecule has 1 aromatic heterocycles. The van der Waals surface area contributed by atoms with Crippen LogP contribution in [0, 0.1) is 5.92 Å². The lowest BCUT2D eigenvalue weighted by Gasteiger charge is -2.30. The smallest absolute Gasteiger partial charge is 0.191 e. The van der Waals surface area contributed by atoms with E-state index in [1.165, 1.54) is 25.9 Å². The predicted octanol–water partition coefficient (Wildman–Crippen LogP) is 2.34. The molecule has 0 radical (unpaired) electrons. The molecule has 1 saturated heterocycles. The van der Waals surface area contributed by atoms with E-state index in [0.717, 1.165) is 43.7 Å². The summed E-state index contributed by atoms with van der Waals surface area (Å²) < 4.78 is 5.31. The Labute approximate surface area is 150 Å². The first-order valence-corrected chi connectivity index (χ1v) is 7.97. The van der Waals surface area contributed by atoms with Gasteiger partial charge >= 0.3 is 0 Å². The van der Waals surface area contributed by atoms with Crippen LogP contribution in [0.5, 0.6) is 0 Å². The SMILES string of the molecule is CN=C(NCCc1ccco1)NCCN1CCCC(C)C1.I. The van der Waals surface area contributed by atoms with Crippen molar-refractivity contribution in [3.05, 3.63) is 24.2 Å². The zero-order chi connectivity index (χ0) is 14.9. The van der Waals surface area contributed by atoms with E-state index in [1.807, 2.05) is 19.2 Å². The average Bonchev–Trinajstić information content (AvgIpc) is 2.99. The van der Waals surface area contributed by atoms with Gasteiger partial charge in [-0.05, 0) is 37.4 Å². The predicted molar refractivity (Wildman–Crippen MR) is 102 cm³/mol. The van der Waals surface area contributed by atoms with Crippen LogP contribution in [0.4, 0.5) is 0 Å². The van der Waals surface area contributed by atoms with E-state index >= 15 is 0 Å². The average molecular weight is 420 g/mol. The molecule has 2 rings (SSSR count). The van der Waals surface area contributed by atoms with Gasteiger partial charge in [0, 0.05) is 39.6 Å². The number of guanidine groups is 1. The van der Waals surface area contributed by atoms with Crippen LogP contribution in [0.1, 0.15) is 25.5 Å². The number of rotatable bonds is 6. The van der Waals surface area contributed by atoms with Crippen molar-refractivity contribution >= 4 is 29.9 Å². The van der Waals surface area contributed by atoms with Gasteiger partial charge in [0.05, 0.1) is 6.26 Å². The Morgan fingerprint density at radius 3 is 2.91 bits per heavy atom. The topological polar surface area (TPSA) is 52.8 Å². The van der Waals surface area contributed by atoms with Crippen molar-refractivity contribution in [2.24, 2.45) is 10.9 Å². The minimum atomic E-state index is 0. The third kappa shape index (κ3) is 7.00. The number of piperidine rings is 1. The van der Waals surface area contributed by atoms with Gasteiger partial charge in [0.15, 0.2) is 5.96 Å². The minimum absolute atomic E-state index is 0. The maximum absolute atomic E-state index is 5.31. The molecule has 1 atom stereocenters. The molecule has 0 aliphatic carbocycles. The molecule has 0 aromatic carbocycles. The molecule has 126 valence electrons. The van der Waals surface area contributed by atoms with E-state index in [1.54, 1.807) is 6.26 Å². The van der Waals surface area contributed by atoms with Crippen molar-refractivity contribution in [2.75, 3.05) is 39.8 Å². The highest BCUT2D eigenvalue weighted by atomic mass is 127. The number of nitrogens with one attached hydrogen (secondary N) is 2. The molecule has 22 heavy (non-hydrogen) atoms. The fourth-order valence-corrected chi connectivity index (χ4v) is 2.80. The molecule has 1 fully saturated rings. The number of likely N-dealkylation sites (tertiary alicyclic amines) is 1. The summed E-state index contributed by atoms with van der Waals surface area (Å²) in [6, 6.07) is 3.91. The number of nitrogens with zero attached hydrogens (tertiary/aromatic N) is 2. The quantitative estimate of drug-likeness (QED) is 0.422. The summed E-state index contributed by atoms with van der Waals surface area (Å²) in [5.41, 5.74) is 0. The molecule has 5 nitrogen and oxygen atoms in total. The summed E-state index contributed by atoms with van der Waals surface area (Å²) in [4.78, 5) is 6.79. The Hall–Kier alpha value is -0.760. The first-order valence-electron chi connectivity index (χ1n) is 7.97. The van der Waals surface area contributed by atoms with Crippen LogP contribution >= 0.6 is 24.0 Å². The maximum Gasteiger partial charge on any atom is 0.191 e. The molecule has 1 aromatic rings. The number of halogens is 1. The van der Waals surface area contributed by atoms with Crippen LogP contribution in [-0.4, -0.2) is 50.6 Å². The van der Waals surface area contributed by atoms with Crippen LogP contribution in [0.15, 0.2) is 27.8 Å². The van der Waals surface area contributed by atoms with E-state index in [-0.39, 0.29) is 24.0 Å². The number of hydrogen-bond donors (Lipinski definition) is 2. The Morgan fingerprint density at radius 1 is 1.41 bits per heavy atom. The largest absolute Gasteiger partial charge is 0.469 e. The highest BCUT2D eigenvalue weighted by Gasteiger charge is 2.15. The molecule has 2 heterocycles. The second-order valence-corrected chi connectivity index (χ2v) is 5.80. The molecule has 0 amide bonds. The van der Waals surface area contributed by atoms with Gasteiger partial charge in [-0.2, -0.15) is 0 Å². The standard InChI is InChI=1S/C16H28N4O.HI/c1-14-5-3-10-20(13-14)11-9-19-16(17-2)18-8-7-15-6-4-12-21-15;/h4,6,12,14H,3,5,7-11,13H2,1-2H3,(H2,17,18,19);1H. The molecule has 1 aliphatic heterocycles. The van der Waals surface area contributed by atoms with Crippen molar-refractivity contribution in [3.63, 3.8) is 0 Å². The molecule has 0 saturated carbocycles. The lowest BCUT2D eigenvalue weighted by Crippen LogP contribution is -2.44. The van der Waals surface area contributed by atoms with Crippen LogP contribution < -0.4 is 10.6 Å². The number of hydrogen-bond acceptors (Lipinski definition) is 3.